The zero-order valence-corrected chi connectivity index (χ0v) is 16.1. The van der Waals surface area contributed by atoms with Crippen LogP contribution in [0.25, 0.3) is 5.57 Å². The zero-order chi connectivity index (χ0) is 20.1. The predicted octanol–water partition coefficient (Wildman–Crippen LogP) is 4.36. The SMILES string of the molecule is C=C(c1ccccc1)C1C(C(C)=O)=CN(Cc2ccccc2)C=C1C(=O)OC. The summed E-state index contributed by atoms with van der Waals surface area (Å²) in [6.07, 6.45) is 3.56. The van der Waals surface area contributed by atoms with Crippen LogP contribution < -0.4 is 0 Å². The molecular formula is C24H23NO3. The lowest BCUT2D eigenvalue weighted by atomic mass is 9.79. The normalized spacial score (nSPS) is 16.1. The number of ketones is 1. The number of benzene rings is 2. The average Bonchev–Trinajstić information content (AvgIpc) is 2.73. The number of methoxy groups -OCH3 is 1. The van der Waals surface area contributed by atoms with Crippen molar-refractivity contribution in [2.75, 3.05) is 7.11 Å². The number of carbonyl (C=O) groups is 2. The third-order valence-electron chi connectivity index (χ3n) is 4.76. The molecule has 0 bridgehead atoms. The van der Waals surface area contributed by atoms with Crippen LogP contribution in [-0.2, 0) is 20.9 Å². The van der Waals surface area contributed by atoms with E-state index in [4.69, 9.17) is 4.74 Å². The van der Waals surface area contributed by atoms with Crippen molar-refractivity contribution in [2.45, 2.75) is 13.5 Å². The van der Waals surface area contributed by atoms with Crippen LogP contribution in [0.4, 0.5) is 0 Å². The highest BCUT2D eigenvalue weighted by Gasteiger charge is 2.34. The number of ether oxygens (including phenoxy) is 1. The smallest absolute Gasteiger partial charge is 0.336 e. The van der Waals surface area contributed by atoms with Gasteiger partial charge in [0.2, 0.25) is 0 Å². The number of Topliss-reactive ketones (excluding diaryl/α,β-unsaturated/α-hetero) is 1. The van der Waals surface area contributed by atoms with E-state index in [0.717, 1.165) is 11.1 Å². The van der Waals surface area contributed by atoms with E-state index in [1.165, 1.54) is 14.0 Å². The van der Waals surface area contributed by atoms with Gasteiger partial charge in [-0.1, -0.05) is 67.2 Å². The molecule has 0 radical (unpaired) electrons. The highest BCUT2D eigenvalue weighted by molar-refractivity contribution is 6.03. The second-order valence-electron chi connectivity index (χ2n) is 6.70. The van der Waals surface area contributed by atoms with E-state index in [9.17, 15) is 9.59 Å². The molecule has 0 saturated carbocycles. The minimum atomic E-state index is -0.542. The van der Waals surface area contributed by atoms with Gasteiger partial charge in [0, 0.05) is 30.4 Å². The van der Waals surface area contributed by atoms with Crippen LogP contribution in [0.1, 0.15) is 18.1 Å². The summed E-state index contributed by atoms with van der Waals surface area (Å²) in [5.41, 5.74) is 3.57. The highest BCUT2D eigenvalue weighted by atomic mass is 16.5. The number of nitrogens with zero attached hydrogens (tertiary/aromatic N) is 1. The maximum absolute atomic E-state index is 12.6. The lowest BCUT2D eigenvalue weighted by Crippen LogP contribution is -2.29. The monoisotopic (exact) mass is 373 g/mol. The summed E-state index contributed by atoms with van der Waals surface area (Å²) >= 11 is 0. The van der Waals surface area contributed by atoms with Crippen molar-refractivity contribution in [3.05, 3.63) is 102 Å². The molecule has 2 aromatic carbocycles. The number of allylic oxidation sites excluding steroid dienone is 2. The molecule has 1 aliphatic rings. The maximum Gasteiger partial charge on any atom is 0.336 e. The largest absolute Gasteiger partial charge is 0.466 e. The first-order valence-corrected chi connectivity index (χ1v) is 9.08. The van der Waals surface area contributed by atoms with Gasteiger partial charge in [0.25, 0.3) is 0 Å². The molecule has 4 nitrogen and oxygen atoms in total. The Morgan fingerprint density at radius 3 is 2.11 bits per heavy atom. The molecule has 0 fully saturated rings. The van der Waals surface area contributed by atoms with Gasteiger partial charge in [-0.15, -0.1) is 0 Å². The van der Waals surface area contributed by atoms with E-state index < -0.39 is 11.9 Å². The third-order valence-corrected chi connectivity index (χ3v) is 4.76. The van der Waals surface area contributed by atoms with Crippen molar-refractivity contribution in [2.24, 2.45) is 5.92 Å². The minimum absolute atomic E-state index is 0.102. The number of hydrogen-bond acceptors (Lipinski definition) is 4. The van der Waals surface area contributed by atoms with Crippen LogP contribution in [0.15, 0.2) is 90.8 Å². The van der Waals surface area contributed by atoms with Crippen LogP contribution in [0, 0.1) is 5.92 Å². The van der Waals surface area contributed by atoms with Crippen molar-refractivity contribution >= 4 is 17.3 Å². The maximum atomic E-state index is 12.6. The minimum Gasteiger partial charge on any atom is -0.466 e. The Kier molecular flexibility index (Phi) is 5.90. The summed E-state index contributed by atoms with van der Waals surface area (Å²) in [5.74, 6) is -1.11. The van der Waals surface area contributed by atoms with Gasteiger partial charge >= 0.3 is 5.97 Å². The first kappa shape index (κ1) is 19.4. The van der Waals surface area contributed by atoms with Crippen molar-refractivity contribution in [1.29, 1.82) is 0 Å². The van der Waals surface area contributed by atoms with Gasteiger partial charge < -0.3 is 9.64 Å². The molecule has 1 unspecified atom stereocenters. The van der Waals surface area contributed by atoms with E-state index in [0.29, 0.717) is 23.3 Å². The lowest BCUT2D eigenvalue weighted by Gasteiger charge is -2.31. The molecule has 28 heavy (non-hydrogen) atoms. The van der Waals surface area contributed by atoms with Gasteiger partial charge in [0.05, 0.1) is 12.7 Å². The van der Waals surface area contributed by atoms with E-state index in [1.807, 2.05) is 65.6 Å². The molecule has 1 heterocycles. The van der Waals surface area contributed by atoms with Crippen molar-refractivity contribution in [1.82, 2.24) is 4.90 Å². The van der Waals surface area contributed by atoms with Crippen LogP contribution in [0.2, 0.25) is 0 Å². The van der Waals surface area contributed by atoms with Gasteiger partial charge in [0.1, 0.15) is 0 Å². The fraction of sp³-hybridized carbons (Fsp3) is 0.167. The van der Waals surface area contributed by atoms with Crippen molar-refractivity contribution in [3.8, 4) is 0 Å². The zero-order valence-electron chi connectivity index (χ0n) is 16.1. The predicted molar refractivity (Wildman–Crippen MR) is 110 cm³/mol. The van der Waals surface area contributed by atoms with E-state index in [1.54, 1.807) is 12.4 Å². The molecule has 0 amide bonds. The summed E-state index contributed by atoms with van der Waals surface area (Å²) in [5, 5.41) is 0. The summed E-state index contributed by atoms with van der Waals surface area (Å²) < 4.78 is 5.02. The van der Waals surface area contributed by atoms with Gasteiger partial charge in [-0.05, 0) is 23.6 Å². The number of hydrogen-bond donors (Lipinski definition) is 0. The van der Waals surface area contributed by atoms with E-state index >= 15 is 0 Å². The molecular weight excluding hydrogens is 350 g/mol. The second-order valence-corrected chi connectivity index (χ2v) is 6.70. The summed E-state index contributed by atoms with van der Waals surface area (Å²) in [6, 6.07) is 19.4. The van der Waals surface area contributed by atoms with Crippen LogP contribution >= 0.6 is 0 Å². The van der Waals surface area contributed by atoms with Crippen LogP contribution in [0.5, 0.6) is 0 Å². The van der Waals surface area contributed by atoms with E-state index in [-0.39, 0.29) is 5.78 Å². The molecule has 0 saturated heterocycles. The summed E-state index contributed by atoms with van der Waals surface area (Å²) in [4.78, 5) is 26.9. The molecule has 3 rings (SSSR count). The molecule has 142 valence electrons. The first-order chi connectivity index (χ1) is 13.5. The molecule has 0 N–H and O–H groups in total. The second kappa shape index (κ2) is 8.53. The Balaban J connectivity index is 2.03. The summed E-state index contributed by atoms with van der Waals surface area (Å²) in [6.45, 7) is 6.25. The Morgan fingerprint density at radius 2 is 1.54 bits per heavy atom. The van der Waals surface area contributed by atoms with Gasteiger partial charge in [-0.25, -0.2) is 4.79 Å². The van der Waals surface area contributed by atoms with Crippen LogP contribution in [-0.4, -0.2) is 23.8 Å². The quantitative estimate of drug-likeness (QED) is 0.706. The Hall–Kier alpha value is -3.40. The molecule has 1 atom stereocenters. The molecule has 0 spiro atoms. The third kappa shape index (κ3) is 4.12. The number of esters is 1. The van der Waals surface area contributed by atoms with Crippen molar-refractivity contribution < 1.29 is 14.3 Å². The molecule has 2 aromatic rings. The van der Waals surface area contributed by atoms with Gasteiger partial charge in [-0.3, -0.25) is 4.79 Å². The fourth-order valence-electron chi connectivity index (χ4n) is 3.37. The molecule has 1 aliphatic heterocycles. The highest BCUT2D eigenvalue weighted by Crippen LogP contribution is 2.38. The van der Waals surface area contributed by atoms with Crippen molar-refractivity contribution in [3.63, 3.8) is 0 Å². The lowest BCUT2D eigenvalue weighted by molar-refractivity contribution is -0.136. The Bertz CT molecular complexity index is 942. The van der Waals surface area contributed by atoms with E-state index in [2.05, 4.69) is 6.58 Å². The summed E-state index contributed by atoms with van der Waals surface area (Å²) in [7, 11) is 1.35. The standard InChI is InChI=1S/C24H23NO3/c1-17(20-12-8-5-9-13-20)23-21(18(2)26)15-25(16-22(23)24(27)28-3)14-19-10-6-4-7-11-19/h4-13,15-16,23H,1,14H2,2-3H3. The molecule has 0 aromatic heterocycles. The van der Waals surface area contributed by atoms with Gasteiger partial charge in [0.15, 0.2) is 5.78 Å². The number of carbonyl (C=O) groups excluding carboxylic acids is 2. The first-order valence-electron chi connectivity index (χ1n) is 9.08. The van der Waals surface area contributed by atoms with Gasteiger partial charge in [-0.2, -0.15) is 0 Å². The molecule has 0 aliphatic carbocycles. The topological polar surface area (TPSA) is 46.6 Å². The average molecular weight is 373 g/mol. The molecule has 4 heteroatoms. The fourth-order valence-corrected chi connectivity index (χ4v) is 3.37. The Labute approximate surface area is 165 Å². The Morgan fingerprint density at radius 1 is 0.964 bits per heavy atom. The van der Waals surface area contributed by atoms with Crippen LogP contribution in [0.3, 0.4) is 0 Å². The number of rotatable bonds is 6.